The topological polar surface area (TPSA) is 49.3 Å². The monoisotopic (exact) mass is 339 g/mol. The molecule has 0 heterocycles. The maximum Gasteiger partial charge on any atom is 0.255 e. The summed E-state index contributed by atoms with van der Waals surface area (Å²) in [5.74, 6) is -0.0241. The summed E-state index contributed by atoms with van der Waals surface area (Å²) in [6, 6.07) is 11.2. The fourth-order valence-electron chi connectivity index (χ4n) is 1.76. The molecule has 1 amide bonds. The van der Waals surface area contributed by atoms with E-state index in [0.29, 0.717) is 17.7 Å². The predicted molar refractivity (Wildman–Crippen MR) is 88.2 cm³/mol. The molecule has 0 aromatic heterocycles. The number of amides is 1. The van der Waals surface area contributed by atoms with Crippen molar-refractivity contribution >= 4 is 35.0 Å². The van der Waals surface area contributed by atoms with Gasteiger partial charge in [-0.05, 0) is 42.8 Å². The van der Waals surface area contributed by atoms with Gasteiger partial charge in [-0.3, -0.25) is 4.79 Å². The van der Waals surface area contributed by atoms with Gasteiger partial charge in [-0.15, -0.1) is 11.8 Å². The number of aliphatic hydroxyl groups excluding tert-OH is 1. The zero-order valence-electron chi connectivity index (χ0n) is 11.7. The van der Waals surface area contributed by atoms with E-state index in [0.717, 1.165) is 10.6 Å². The number of aliphatic hydroxyl groups is 1. The summed E-state index contributed by atoms with van der Waals surface area (Å²) in [6.07, 6.45) is 0.704. The van der Waals surface area contributed by atoms with Gasteiger partial charge in [-0.25, -0.2) is 4.39 Å². The van der Waals surface area contributed by atoms with Crippen LogP contribution in [0.5, 0.6) is 0 Å². The molecule has 0 unspecified atom stereocenters. The highest BCUT2D eigenvalue weighted by atomic mass is 35.5. The third-order valence-corrected chi connectivity index (χ3v) is 4.21. The Morgan fingerprint density at radius 2 is 2.09 bits per heavy atom. The Labute approximate surface area is 137 Å². The fourth-order valence-corrected chi connectivity index (χ4v) is 2.83. The lowest BCUT2D eigenvalue weighted by Gasteiger charge is -2.07. The highest BCUT2D eigenvalue weighted by Gasteiger charge is 2.08. The van der Waals surface area contributed by atoms with Crippen LogP contribution >= 0.6 is 23.4 Å². The highest BCUT2D eigenvalue weighted by molar-refractivity contribution is 7.99. The summed E-state index contributed by atoms with van der Waals surface area (Å²) >= 11 is 7.27. The van der Waals surface area contributed by atoms with Gasteiger partial charge in [0, 0.05) is 28.5 Å². The van der Waals surface area contributed by atoms with E-state index in [1.54, 1.807) is 30.0 Å². The normalized spacial score (nSPS) is 10.5. The van der Waals surface area contributed by atoms with Crippen LogP contribution in [0, 0.1) is 5.82 Å². The Bertz CT molecular complexity index is 666. The number of anilines is 1. The van der Waals surface area contributed by atoms with Crippen LogP contribution in [0.25, 0.3) is 0 Å². The standard InChI is InChI=1S/C16H15ClFNO2S/c17-14-10-12(5-6-15(14)18)19-16(21)11-3-1-4-13(9-11)22-8-2-7-20/h1,3-6,9-10,20H,2,7-8H2,(H,19,21). The van der Waals surface area contributed by atoms with Gasteiger partial charge in [-0.2, -0.15) is 0 Å². The van der Waals surface area contributed by atoms with E-state index in [1.807, 2.05) is 6.07 Å². The molecule has 116 valence electrons. The molecule has 3 nitrogen and oxygen atoms in total. The van der Waals surface area contributed by atoms with Crippen molar-refractivity contribution in [3.05, 3.63) is 58.9 Å². The maximum absolute atomic E-state index is 13.1. The van der Waals surface area contributed by atoms with Crippen LogP contribution in [0.3, 0.4) is 0 Å². The first kappa shape index (κ1) is 16.8. The SMILES string of the molecule is O=C(Nc1ccc(F)c(Cl)c1)c1cccc(SCCCO)c1. The number of carbonyl (C=O) groups is 1. The number of halogens is 2. The van der Waals surface area contributed by atoms with Crippen LogP contribution in [0.2, 0.25) is 5.02 Å². The molecule has 2 rings (SSSR count). The summed E-state index contributed by atoms with van der Waals surface area (Å²) in [6.45, 7) is 0.151. The van der Waals surface area contributed by atoms with Gasteiger partial charge in [-0.1, -0.05) is 17.7 Å². The molecule has 2 aromatic carbocycles. The first-order valence-corrected chi connectivity index (χ1v) is 8.06. The highest BCUT2D eigenvalue weighted by Crippen LogP contribution is 2.22. The minimum absolute atomic E-state index is 0.0360. The molecule has 0 radical (unpaired) electrons. The van der Waals surface area contributed by atoms with Gasteiger partial charge < -0.3 is 10.4 Å². The smallest absolute Gasteiger partial charge is 0.255 e. The molecule has 0 saturated carbocycles. The quantitative estimate of drug-likeness (QED) is 0.612. The fraction of sp³-hybridized carbons (Fsp3) is 0.188. The molecule has 0 aliphatic heterocycles. The van der Waals surface area contributed by atoms with Crippen molar-refractivity contribution in [2.75, 3.05) is 17.7 Å². The van der Waals surface area contributed by atoms with Crippen LogP contribution < -0.4 is 5.32 Å². The van der Waals surface area contributed by atoms with E-state index in [1.165, 1.54) is 18.2 Å². The third-order valence-electron chi connectivity index (χ3n) is 2.84. The molecule has 2 aromatic rings. The molecule has 0 aliphatic rings. The molecular weight excluding hydrogens is 325 g/mol. The van der Waals surface area contributed by atoms with Gasteiger partial charge in [0.05, 0.1) is 5.02 Å². The molecule has 0 aliphatic carbocycles. The first-order valence-electron chi connectivity index (χ1n) is 6.70. The molecule has 0 fully saturated rings. The van der Waals surface area contributed by atoms with Crippen molar-refractivity contribution in [1.29, 1.82) is 0 Å². The number of thioether (sulfide) groups is 1. The first-order chi connectivity index (χ1) is 10.6. The molecule has 0 spiro atoms. The maximum atomic E-state index is 13.1. The second-order valence-corrected chi connectivity index (χ2v) is 6.11. The third kappa shape index (κ3) is 4.73. The van der Waals surface area contributed by atoms with E-state index in [4.69, 9.17) is 16.7 Å². The number of hydrogen-bond acceptors (Lipinski definition) is 3. The molecule has 0 atom stereocenters. The number of carbonyl (C=O) groups excluding carboxylic acids is 1. The van der Waals surface area contributed by atoms with E-state index >= 15 is 0 Å². The van der Waals surface area contributed by atoms with Gasteiger partial charge in [0.25, 0.3) is 5.91 Å². The Hall–Kier alpha value is -1.56. The Balaban J connectivity index is 2.05. The lowest BCUT2D eigenvalue weighted by atomic mass is 10.2. The van der Waals surface area contributed by atoms with Gasteiger partial charge >= 0.3 is 0 Å². The minimum Gasteiger partial charge on any atom is -0.396 e. The summed E-state index contributed by atoms with van der Waals surface area (Å²) < 4.78 is 13.1. The van der Waals surface area contributed by atoms with Crippen LogP contribution in [-0.2, 0) is 0 Å². The van der Waals surface area contributed by atoms with Gasteiger partial charge in [0.1, 0.15) is 5.82 Å². The summed E-state index contributed by atoms with van der Waals surface area (Å²) in [5.41, 5.74) is 0.948. The lowest BCUT2D eigenvalue weighted by molar-refractivity contribution is 0.102. The van der Waals surface area contributed by atoms with Crippen LogP contribution in [-0.4, -0.2) is 23.4 Å². The van der Waals surface area contributed by atoms with Gasteiger partial charge in [0.15, 0.2) is 0 Å². The molecule has 6 heteroatoms. The van der Waals surface area contributed by atoms with Crippen LogP contribution in [0.15, 0.2) is 47.4 Å². The number of rotatable bonds is 6. The number of nitrogens with one attached hydrogen (secondary N) is 1. The molecule has 0 saturated heterocycles. The number of hydrogen-bond donors (Lipinski definition) is 2. The molecular formula is C16H15ClFNO2S. The van der Waals surface area contributed by atoms with Crippen molar-refractivity contribution in [3.8, 4) is 0 Å². The summed E-state index contributed by atoms with van der Waals surface area (Å²) in [4.78, 5) is 13.2. The molecule has 22 heavy (non-hydrogen) atoms. The van der Waals surface area contributed by atoms with Crippen molar-refractivity contribution in [1.82, 2.24) is 0 Å². The van der Waals surface area contributed by atoms with E-state index in [2.05, 4.69) is 5.32 Å². The average molecular weight is 340 g/mol. The molecule has 0 bridgehead atoms. The van der Waals surface area contributed by atoms with Crippen molar-refractivity contribution in [2.45, 2.75) is 11.3 Å². The van der Waals surface area contributed by atoms with Crippen molar-refractivity contribution < 1.29 is 14.3 Å². The Morgan fingerprint density at radius 3 is 2.82 bits per heavy atom. The van der Waals surface area contributed by atoms with Crippen LogP contribution in [0.4, 0.5) is 10.1 Å². The predicted octanol–water partition coefficient (Wildman–Crippen LogP) is 4.21. The van der Waals surface area contributed by atoms with E-state index in [9.17, 15) is 9.18 Å². The van der Waals surface area contributed by atoms with Gasteiger partial charge in [0.2, 0.25) is 0 Å². The van der Waals surface area contributed by atoms with E-state index < -0.39 is 5.82 Å². The largest absolute Gasteiger partial charge is 0.396 e. The lowest BCUT2D eigenvalue weighted by Crippen LogP contribution is -2.11. The minimum atomic E-state index is -0.526. The average Bonchev–Trinajstić information content (AvgIpc) is 2.51. The zero-order valence-corrected chi connectivity index (χ0v) is 13.3. The van der Waals surface area contributed by atoms with E-state index in [-0.39, 0.29) is 17.5 Å². The second-order valence-electron chi connectivity index (χ2n) is 4.54. The summed E-state index contributed by atoms with van der Waals surface area (Å²) in [7, 11) is 0. The molecule has 2 N–H and O–H groups in total. The van der Waals surface area contributed by atoms with Crippen LogP contribution in [0.1, 0.15) is 16.8 Å². The summed E-state index contributed by atoms with van der Waals surface area (Å²) in [5, 5.41) is 11.4. The number of benzene rings is 2. The zero-order chi connectivity index (χ0) is 15.9. The Morgan fingerprint density at radius 1 is 1.27 bits per heavy atom. The second kappa shape index (κ2) is 8.17. The van der Waals surface area contributed by atoms with Crippen molar-refractivity contribution in [3.63, 3.8) is 0 Å². The van der Waals surface area contributed by atoms with Crippen molar-refractivity contribution in [2.24, 2.45) is 0 Å². The Kier molecular flexibility index (Phi) is 6.24.